The van der Waals surface area contributed by atoms with E-state index in [1.54, 1.807) is 0 Å². The first-order valence-corrected chi connectivity index (χ1v) is 19.0. The lowest BCUT2D eigenvalue weighted by Crippen LogP contribution is -2.76. The Bertz CT molecular complexity index is 2650. The summed E-state index contributed by atoms with van der Waals surface area (Å²) in [4.78, 5) is 20.0. The van der Waals surface area contributed by atoms with Crippen molar-refractivity contribution in [1.82, 2.24) is 29.1 Å². The average molecular weight is 671 g/mol. The highest BCUT2D eigenvalue weighted by molar-refractivity contribution is 7.19. The van der Waals surface area contributed by atoms with E-state index >= 15 is 0 Å². The third-order valence-electron chi connectivity index (χ3n) is 10.1. The van der Waals surface area contributed by atoms with Crippen LogP contribution in [0.2, 0.25) is 0 Å². The Morgan fingerprint density at radius 1 is 0.373 bits per heavy atom. The molecule has 6 heterocycles. The van der Waals surface area contributed by atoms with Crippen molar-refractivity contribution in [3.63, 3.8) is 0 Å². The molecule has 7 heteroatoms. The average Bonchev–Trinajstić information content (AvgIpc) is 3.72. The molecule has 0 N–H and O–H groups in total. The Kier molecular flexibility index (Phi) is 6.72. The smallest absolute Gasteiger partial charge is 0.223 e. The Labute approximate surface area is 295 Å². The summed E-state index contributed by atoms with van der Waals surface area (Å²) in [6.45, 7) is 0. The highest BCUT2D eigenvalue weighted by Crippen LogP contribution is 2.32. The van der Waals surface area contributed by atoms with Crippen LogP contribution in [0.5, 0.6) is 0 Å². The molecule has 0 saturated heterocycles. The van der Waals surface area contributed by atoms with E-state index < -0.39 is 8.07 Å². The zero-order valence-electron chi connectivity index (χ0n) is 27.5. The van der Waals surface area contributed by atoms with Gasteiger partial charge in [0.2, 0.25) is 8.07 Å². The van der Waals surface area contributed by atoms with Crippen molar-refractivity contribution in [2.75, 3.05) is 0 Å². The molecule has 0 radical (unpaired) electrons. The Morgan fingerprint density at radius 3 is 1.16 bits per heavy atom. The molecule has 0 aliphatic rings. The van der Waals surface area contributed by atoms with Crippen molar-refractivity contribution < 1.29 is 0 Å². The fraction of sp³-hybridized carbons (Fsp3) is 0. The normalized spacial score (nSPS) is 11.9. The summed E-state index contributed by atoms with van der Waals surface area (Å²) in [5, 5.41) is 9.04. The maximum atomic E-state index is 5.45. The minimum absolute atomic E-state index is 1.02. The third kappa shape index (κ3) is 4.42. The molecule has 6 nitrogen and oxygen atoms in total. The zero-order valence-corrected chi connectivity index (χ0v) is 28.5. The Morgan fingerprint density at radius 2 is 0.745 bits per heavy atom. The van der Waals surface area contributed by atoms with E-state index in [2.05, 4.69) is 165 Å². The molecule has 0 bridgehead atoms. The number of hydrogen-bond donors (Lipinski definition) is 0. The van der Waals surface area contributed by atoms with Crippen molar-refractivity contribution in [3.05, 3.63) is 183 Å². The van der Waals surface area contributed by atoms with Crippen LogP contribution in [-0.2, 0) is 0 Å². The lowest BCUT2D eigenvalue weighted by Gasteiger charge is -2.32. The molecule has 0 spiro atoms. The molecule has 0 atom stereocenters. The number of nitrogens with zero attached hydrogens (tertiary/aromatic N) is 6. The van der Waals surface area contributed by atoms with Crippen LogP contribution in [0.1, 0.15) is 0 Å². The Balaban J connectivity index is 1.32. The SMILES string of the molecule is c1ccc(-n2c3cnccc3c3cc([Si](c4ccccc4)(c4ccccc4)c4cc5c6ccncc6n(-c6ccccc6)c5cn4)ncc32)cc1. The zero-order chi connectivity index (χ0) is 33.8. The maximum absolute atomic E-state index is 5.45. The van der Waals surface area contributed by atoms with Gasteiger partial charge >= 0.3 is 0 Å². The minimum Gasteiger partial charge on any atom is -0.306 e. The molecule has 10 aromatic rings. The first-order chi connectivity index (χ1) is 25.3. The monoisotopic (exact) mass is 670 g/mol. The second-order valence-electron chi connectivity index (χ2n) is 12.8. The summed E-state index contributed by atoms with van der Waals surface area (Å²) in [6.07, 6.45) is 11.8. The van der Waals surface area contributed by atoms with E-state index in [-0.39, 0.29) is 0 Å². The summed E-state index contributed by atoms with van der Waals surface area (Å²) < 4.78 is 4.53. The molecular formula is C44H30N6Si. The molecule has 0 amide bonds. The van der Waals surface area contributed by atoms with E-state index in [4.69, 9.17) is 9.97 Å². The summed E-state index contributed by atoms with van der Waals surface area (Å²) in [6, 6.07) is 51.5. The number of fused-ring (bicyclic) bond motifs is 6. The van der Waals surface area contributed by atoms with Gasteiger partial charge in [-0.05, 0) is 58.9 Å². The number of aromatic nitrogens is 6. The van der Waals surface area contributed by atoms with Crippen molar-refractivity contribution >= 4 is 72.7 Å². The van der Waals surface area contributed by atoms with E-state index in [0.29, 0.717) is 0 Å². The van der Waals surface area contributed by atoms with E-state index in [9.17, 15) is 0 Å². The first-order valence-electron chi connectivity index (χ1n) is 17.0. The van der Waals surface area contributed by atoms with Crippen LogP contribution in [-0.4, -0.2) is 37.1 Å². The second-order valence-corrected chi connectivity index (χ2v) is 16.5. The lowest BCUT2D eigenvalue weighted by atomic mass is 10.2. The topological polar surface area (TPSA) is 61.4 Å². The third-order valence-corrected chi connectivity index (χ3v) is 14.6. The van der Waals surface area contributed by atoms with Gasteiger partial charge < -0.3 is 9.13 Å². The summed E-state index contributed by atoms with van der Waals surface area (Å²) in [5.74, 6) is 0. The molecule has 0 aliphatic carbocycles. The number of benzene rings is 4. The molecule has 6 aromatic heterocycles. The largest absolute Gasteiger partial charge is 0.306 e. The number of rotatable bonds is 6. The van der Waals surface area contributed by atoms with Crippen LogP contribution in [0, 0.1) is 0 Å². The van der Waals surface area contributed by atoms with E-state index in [0.717, 1.165) is 65.6 Å². The maximum Gasteiger partial charge on any atom is 0.223 e. The molecule has 10 rings (SSSR count). The standard InChI is InChI=1S/C44H30N6Si/c1-5-13-31(14-6-1)49-39-27-45-23-21-35(39)37-25-43(47-29-41(37)49)51(33-17-9-3-10-18-33,34-19-11-4-12-20-34)44-26-38-36-22-24-46-28-40(36)50(42(38)30-48-44)32-15-7-2-8-16-32/h1-30H. The molecular weight excluding hydrogens is 641 g/mol. The molecule has 51 heavy (non-hydrogen) atoms. The van der Waals surface area contributed by atoms with Crippen LogP contribution in [0.15, 0.2) is 183 Å². The van der Waals surface area contributed by atoms with Crippen LogP contribution in [0.25, 0.3) is 55.0 Å². The molecule has 0 saturated carbocycles. The van der Waals surface area contributed by atoms with Gasteiger partial charge in [-0.1, -0.05) is 97.1 Å². The van der Waals surface area contributed by atoms with Crippen molar-refractivity contribution in [3.8, 4) is 11.4 Å². The van der Waals surface area contributed by atoms with Gasteiger partial charge in [-0.2, -0.15) is 0 Å². The van der Waals surface area contributed by atoms with Crippen LogP contribution >= 0.6 is 0 Å². The first kappa shape index (κ1) is 29.2. The summed E-state index contributed by atoms with van der Waals surface area (Å²) >= 11 is 0. The fourth-order valence-corrected chi connectivity index (χ4v) is 12.3. The van der Waals surface area contributed by atoms with Crippen LogP contribution in [0.4, 0.5) is 0 Å². The second kappa shape index (κ2) is 11.7. The van der Waals surface area contributed by atoms with E-state index in [1.807, 2.05) is 36.9 Å². The minimum atomic E-state index is -3.12. The summed E-state index contributed by atoms with van der Waals surface area (Å²) in [5.41, 5.74) is 6.33. The van der Waals surface area contributed by atoms with Gasteiger partial charge in [-0.15, -0.1) is 0 Å². The van der Waals surface area contributed by atoms with Crippen molar-refractivity contribution in [1.29, 1.82) is 0 Å². The van der Waals surface area contributed by atoms with Crippen LogP contribution in [0.3, 0.4) is 0 Å². The molecule has 0 fully saturated rings. The van der Waals surface area contributed by atoms with Gasteiger partial charge in [0.25, 0.3) is 0 Å². The van der Waals surface area contributed by atoms with Crippen LogP contribution < -0.4 is 21.0 Å². The number of para-hydroxylation sites is 2. The number of pyridine rings is 4. The van der Waals surface area contributed by atoms with Gasteiger partial charge in [-0.3, -0.25) is 19.9 Å². The van der Waals surface area contributed by atoms with E-state index in [1.165, 1.54) is 10.4 Å². The highest BCUT2D eigenvalue weighted by atomic mass is 28.3. The quantitative estimate of drug-likeness (QED) is 0.182. The predicted molar refractivity (Wildman–Crippen MR) is 210 cm³/mol. The van der Waals surface area contributed by atoms with Gasteiger partial charge in [0.05, 0.1) is 46.9 Å². The molecule has 0 aliphatic heterocycles. The van der Waals surface area contributed by atoms with Gasteiger partial charge in [0, 0.05) is 55.9 Å². The molecule has 240 valence electrons. The number of hydrogen-bond acceptors (Lipinski definition) is 4. The Hall–Kier alpha value is -6.70. The molecule has 0 unspecified atom stereocenters. The van der Waals surface area contributed by atoms with Gasteiger partial charge in [-0.25, -0.2) is 0 Å². The predicted octanol–water partition coefficient (Wildman–Crippen LogP) is 6.84. The highest BCUT2D eigenvalue weighted by Gasteiger charge is 2.45. The van der Waals surface area contributed by atoms with Crippen molar-refractivity contribution in [2.24, 2.45) is 0 Å². The van der Waals surface area contributed by atoms with Gasteiger partial charge in [0.1, 0.15) is 0 Å². The summed E-state index contributed by atoms with van der Waals surface area (Å²) in [7, 11) is -3.12. The van der Waals surface area contributed by atoms with Crippen molar-refractivity contribution in [2.45, 2.75) is 0 Å². The van der Waals surface area contributed by atoms with Gasteiger partial charge in [0.15, 0.2) is 0 Å². The lowest BCUT2D eigenvalue weighted by molar-refractivity contribution is 1.15. The fourth-order valence-electron chi connectivity index (χ4n) is 7.91. The molecule has 4 aromatic carbocycles.